The molecule has 41 heavy (non-hydrogen) atoms. The number of nitrogens with one attached hydrogen (secondary N) is 2. The highest BCUT2D eigenvalue weighted by molar-refractivity contribution is 5.75. The molecular formula is C31H39F2N5O3. The second-order valence-electron chi connectivity index (χ2n) is 11.2. The van der Waals surface area contributed by atoms with E-state index in [1.807, 2.05) is 39.8 Å². The Morgan fingerprint density at radius 2 is 1.98 bits per heavy atom. The third-order valence-corrected chi connectivity index (χ3v) is 8.04. The van der Waals surface area contributed by atoms with E-state index in [1.165, 1.54) is 0 Å². The molecule has 0 bridgehead atoms. The molecule has 3 aromatic rings. The summed E-state index contributed by atoms with van der Waals surface area (Å²) in [7, 11) is 0. The minimum atomic E-state index is -0.562. The summed E-state index contributed by atoms with van der Waals surface area (Å²) in [5.74, 6) is -0.194. The van der Waals surface area contributed by atoms with Crippen LogP contribution < -0.4 is 10.6 Å². The van der Waals surface area contributed by atoms with Gasteiger partial charge in [0, 0.05) is 38.1 Å². The van der Waals surface area contributed by atoms with E-state index in [2.05, 4.69) is 10.6 Å². The van der Waals surface area contributed by atoms with Crippen molar-refractivity contribution in [3.63, 3.8) is 0 Å². The first-order valence-electron chi connectivity index (χ1n) is 14.5. The number of aliphatic hydroxyl groups is 1. The van der Waals surface area contributed by atoms with Crippen LogP contribution in [0, 0.1) is 23.5 Å². The lowest BCUT2D eigenvalue weighted by Gasteiger charge is -2.40. The second-order valence-corrected chi connectivity index (χ2v) is 11.2. The smallest absolute Gasteiger partial charge is 0.318 e. The van der Waals surface area contributed by atoms with Gasteiger partial charge in [0.2, 0.25) is 0 Å². The Morgan fingerprint density at radius 1 is 1.20 bits per heavy atom. The van der Waals surface area contributed by atoms with Gasteiger partial charge in [0.1, 0.15) is 17.5 Å². The number of hydrogen-bond donors (Lipinski definition) is 3. The molecule has 3 atom stereocenters. The quantitative estimate of drug-likeness (QED) is 0.339. The summed E-state index contributed by atoms with van der Waals surface area (Å²) in [6, 6.07) is 12.1. The topological polar surface area (TPSA) is 91.6 Å². The molecule has 2 fully saturated rings. The Hall–Kier alpha value is -3.34. The van der Waals surface area contributed by atoms with E-state index in [4.69, 9.17) is 9.72 Å². The number of aliphatic hydroxyl groups excluding tert-OH is 1. The Labute approximate surface area is 239 Å². The lowest BCUT2D eigenvalue weighted by Crippen LogP contribution is -2.51. The molecule has 2 aliphatic heterocycles. The van der Waals surface area contributed by atoms with E-state index in [0.717, 1.165) is 56.1 Å². The maximum absolute atomic E-state index is 15.0. The van der Waals surface area contributed by atoms with Gasteiger partial charge in [0.15, 0.2) is 0 Å². The van der Waals surface area contributed by atoms with Gasteiger partial charge in [0.25, 0.3) is 0 Å². The molecule has 0 unspecified atom stereocenters. The van der Waals surface area contributed by atoms with Gasteiger partial charge >= 0.3 is 6.03 Å². The van der Waals surface area contributed by atoms with Crippen molar-refractivity contribution in [2.45, 2.75) is 44.8 Å². The van der Waals surface area contributed by atoms with E-state index in [-0.39, 0.29) is 30.0 Å². The Morgan fingerprint density at radius 3 is 2.68 bits per heavy atom. The van der Waals surface area contributed by atoms with Crippen LogP contribution >= 0.6 is 0 Å². The van der Waals surface area contributed by atoms with Crippen LogP contribution in [0.2, 0.25) is 0 Å². The third-order valence-electron chi connectivity index (χ3n) is 8.04. The molecule has 0 aliphatic carbocycles. The predicted molar refractivity (Wildman–Crippen MR) is 152 cm³/mol. The van der Waals surface area contributed by atoms with Crippen LogP contribution in [0.3, 0.4) is 0 Å². The predicted octanol–water partition coefficient (Wildman–Crippen LogP) is 4.35. The molecule has 8 nitrogen and oxygen atoms in total. The first kappa shape index (κ1) is 29.2. The van der Waals surface area contributed by atoms with Crippen molar-refractivity contribution in [2.24, 2.45) is 11.8 Å². The number of amides is 2. The van der Waals surface area contributed by atoms with Gasteiger partial charge in [-0.1, -0.05) is 30.3 Å². The van der Waals surface area contributed by atoms with E-state index >= 15 is 0 Å². The normalized spacial score (nSPS) is 19.2. The van der Waals surface area contributed by atoms with Gasteiger partial charge in [-0.3, -0.25) is 0 Å². The fourth-order valence-corrected chi connectivity index (χ4v) is 5.84. The maximum Gasteiger partial charge on any atom is 0.318 e. The summed E-state index contributed by atoms with van der Waals surface area (Å²) in [5, 5.41) is 16.0. The second kappa shape index (κ2) is 13.5. The fourth-order valence-electron chi connectivity index (χ4n) is 5.84. The SMILES string of the molecule is C[C@@H](CO)NC(=O)N(C[C@H]1CCNC1)[C@@H](c1nc(-c2cc(F)ccc2F)cn1Cc1ccccc1)C1CCOCC1. The van der Waals surface area contributed by atoms with Crippen molar-refractivity contribution in [1.82, 2.24) is 25.1 Å². The summed E-state index contributed by atoms with van der Waals surface area (Å²) < 4.78 is 36.9. The van der Waals surface area contributed by atoms with Crippen molar-refractivity contribution in [1.29, 1.82) is 0 Å². The van der Waals surface area contributed by atoms with Gasteiger partial charge in [-0.05, 0) is 74.9 Å². The summed E-state index contributed by atoms with van der Waals surface area (Å²) in [6.07, 6.45) is 4.16. The fraction of sp³-hybridized carbons (Fsp3) is 0.484. The maximum atomic E-state index is 15.0. The molecular weight excluding hydrogens is 528 g/mol. The highest BCUT2D eigenvalue weighted by atomic mass is 19.1. The van der Waals surface area contributed by atoms with Crippen LogP contribution in [-0.2, 0) is 11.3 Å². The van der Waals surface area contributed by atoms with Crippen molar-refractivity contribution >= 4 is 6.03 Å². The molecule has 2 aromatic carbocycles. The summed E-state index contributed by atoms with van der Waals surface area (Å²) in [5.41, 5.74) is 1.42. The molecule has 5 rings (SSSR count). The molecule has 0 saturated carbocycles. The van der Waals surface area contributed by atoms with Gasteiger partial charge in [-0.25, -0.2) is 18.6 Å². The lowest BCUT2D eigenvalue weighted by atomic mass is 9.89. The first-order chi connectivity index (χ1) is 19.9. The standard InChI is InChI=1S/C31H39F2N5O3/c1-21(20-39)35-31(40)38(18-23-9-12-34-16-23)29(24-10-13-41-14-11-24)30-36-28(26-15-25(32)7-8-27(26)33)19-37(30)17-22-5-3-2-4-6-22/h2-8,15,19,21,23-24,29,34,39H,9-14,16-18,20H2,1H3,(H,35,40)/t21-,23-,29+/m0/s1. The number of imidazole rings is 1. The zero-order valence-electron chi connectivity index (χ0n) is 23.4. The van der Waals surface area contributed by atoms with Gasteiger partial charge in [0.05, 0.1) is 24.4 Å². The first-order valence-corrected chi connectivity index (χ1v) is 14.5. The number of urea groups is 1. The number of carbonyl (C=O) groups is 1. The molecule has 3 heterocycles. The largest absolute Gasteiger partial charge is 0.394 e. The van der Waals surface area contributed by atoms with Crippen LogP contribution in [-0.4, -0.2) is 71.1 Å². The Bertz CT molecular complexity index is 1290. The summed E-state index contributed by atoms with van der Waals surface area (Å²) in [4.78, 5) is 20.7. The van der Waals surface area contributed by atoms with Crippen LogP contribution in [0.25, 0.3) is 11.3 Å². The van der Waals surface area contributed by atoms with E-state index in [0.29, 0.717) is 37.8 Å². The number of aromatic nitrogens is 2. The molecule has 2 amide bonds. The third kappa shape index (κ3) is 7.12. The molecule has 220 valence electrons. The number of carbonyl (C=O) groups excluding carboxylic acids is 1. The van der Waals surface area contributed by atoms with Gasteiger partial charge in [-0.2, -0.15) is 0 Å². The lowest BCUT2D eigenvalue weighted by molar-refractivity contribution is 0.0273. The van der Waals surface area contributed by atoms with E-state index in [1.54, 1.807) is 13.1 Å². The van der Waals surface area contributed by atoms with Crippen LogP contribution in [0.15, 0.2) is 54.7 Å². The number of ether oxygens (including phenoxy) is 1. The van der Waals surface area contributed by atoms with E-state index in [9.17, 15) is 18.7 Å². The monoisotopic (exact) mass is 567 g/mol. The number of benzene rings is 2. The van der Waals surface area contributed by atoms with Gasteiger partial charge < -0.3 is 29.9 Å². The van der Waals surface area contributed by atoms with Crippen LogP contribution in [0.5, 0.6) is 0 Å². The van der Waals surface area contributed by atoms with Crippen molar-refractivity contribution in [3.8, 4) is 11.3 Å². The zero-order valence-corrected chi connectivity index (χ0v) is 23.4. The average Bonchev–Trinajstić information content (AvgIpc) is 3.65. The minimum Gasteiger partial charge on any atom is -0.394 e. The van der Waals surface area contributed by atoms with Crippen molar-refractivity contribution < 1.29 is 23.4 Å². The zero-order chi connectivity index (χ0) is 28.8. The number of nitrogens with zero attached hydrogens (tertiary/aromatic N) is 3. The van der Waals surface area contributed by atoms with Crippen molar-refractivity contribution in [3.05, 3.63) is 77.8 Å². The highest BCUT2D eigenvalue weighted by Gasteiger charge is 2.38. The number of rotatable bonds is 10. The average molecular weight is 568 g/mol. The van der Waals surface area contributed by atoms with Crippen molar-refractivity contribution in [2.75, 3.05) is 39.5 Å². The Kier molecular flexibility index (Phi) is 9.64. The molecule has 3 N–H and O–H groups in total. The minimum absolute atomic E-state index is 0.0374. The summed E-state index contributed by atoms with van der Waals surface area (Å²) in [6.45, 7) is 5.36. The molecule has 0 spiro atoms. The molecule has 10 heteroatoms. The molecule has 2 saturated heterocycles. The highest BCUT2D eigenvalue weighted by Crippen LogP contribution is 2.38. The van der Waals surface area contributed by atoms with Crippen LogP contribution in [0.4, 0.5) is 13.6 Å². The molecule has 1 aromatic heterocycles. The number of hydrogen-bond acceptors (Lipinski definition) is 5. The Balaban J connectivity index is 1.63. The molecule has 0 radical (unpaired) electrons. The summed E-state index contributed by atoms with van der Waals surface area (Å²) >= 11 is 0. The molecule has 2 aliphatic rings. The van der Waals surface area contributed by atoms with Crippen LogP contribution in [0.1, 0.15) is 43.6 Å². The number of halogens is 2. The van der Waals surface area contributed by atoms with E-state index < -0.39 is 23.7 Å². The van der Waals surface area contributed by atoms with Gasteiger partial charge in [-0.15, -0.1) is 0 Å².